The van der Waals surface area contributed by atoms with Crippen LogP contribution in [0.3, 0.4) is 0 Å². The first-order chi connectivity index (χ1) is 26.3. The normalized spacial score (nSPS) is 11.8. The molecule has 0 aliphatic carbocycles. The monoisotopic (exact) mass is 693 g/mol. The maximum Gasteiger partial charge on any atom is 0.145 e. The topological polar surface area (TPSA) is 22.8 Å². The zero-order chi connectivity index (χ0) is 34.9. The molecule has 0 bridgehead atoms. The van der Waals surface area contributed by atoms with Gasteiger partial charge in [0.15, 0.2) is 0 Å². The van der Waals surface area contributed by atoms with Crippen LogP contribution in [0.4, 0.5) is 0 Å². The van der Waals surface area contributed by atoms with Crippen molar-refractivity contribution in [3.05, 3.63) is 188 Å². The van der Waals surface area contributed by atoms with E-state index in [0.717, 1.165) is 33.8 Å². The summed E-state index contributed by atoms with van der Waals surface area (Å²) in [6, 6.07) is 67.8. The molecule has 0 saturated carbocycles. The summed E-state index contributed by atoms with van der Waals surface area (Å²) in [7, 11) is 0. The molecule has 8 aromatic carbocycles. The molecule has 0 radical (unpaired) electrons. The molecule has 0 saturated heterocycles. The second-order valence-corrected chi connectivity index (χ2v) is 14.6. The summed E-state index contributed by atoms with van der Waals surface area (Å²) in [5.74, 6) is 0.929. The molecule has 0 fully saturated rings. The second kappa shape index (κ2) is 11.9. The first-order valence-corrected chi connectivity index (χ1v) is 18.8. The van der Waals surface area contributed by atoms with E-state index in [1.54, 1.807) is 0 Å². The van der Waals surface area contributed by atoms with Gasteiger partial charge in [0.25, 0.3) is 0 Å². The van der Waals surface area contributed by atoms with Crippen molar-refractivity contribution < 1.29 is 0 Å². The molecule has 11 rings (SSSR count). The minimum absolute atomic E-state index is 0.929. The summed E-state index contributed by atoms with van der Waals surface area (Å²) in [6.07, 6.45) is 0. The number of aromatic nitrogens is 3. The number of para-hydroxylation sites is 3. The van der Waals surface area contributed by atoms with Crippen LogP contribution in [0, 0.1) is 0 Å². The standard InChI is InChI=1S/C49H31N3S/c1-3-12-32(13-4-1)34-24-28-44-41(30-34)42-31-35(38-17-11-18-40-39-16-7-10-21-47(39)53-48(38)40)25-29-45(42)51(44)37-26-22-33(23-27-37)49-50-43-19-8-9-20-46(43)52(49)36-14-5-2-6-15-36/h1-31H. The molecule has 11 aromatic rings. The van der Waals surface area contributed by atoms with Gasteiger partial charge in [-0.05, 0) is 101 Å². The Hall–Kier alpha value is -6.75. The van der Waals surface area contributed by atoms with E-state index in [2.05, 4.69) is 197 Å². The minimum atomic E-state index is 0.929. The minimum Gasteiger partial charge on any atom is -0.309 e. The third-order valence-electron chi connectivity index (χ3n) is 10.5. The highest BCUT2D eigenvalue weighted by atomic mass is 32.1. The molecule has 0 N–H and O–H groups in total. The zero-order valence-electron chi connectivity index (χ0n) is 28.6. The van der Waals surface area contributed by atoms with Crippen LogP contribution >= 0.6 is 11.3 Å². The summed E-state index contributed by atoms with van der Waals surface area (Å²) in [5, 5.41) is 5.12. The van der Waals surface area contributed by atoms with Crippen LogP contribution in [-0.2, 0) is 0 Å². The van der Waals surface area contributed by atoms with Gasteiger partial charge in [0.1, 0.15) is 5.82 Å². The lowest BCUT2D eigenvalue weighted by Gasteiger charge is -2.12. The number of nitrogens with zero attached hydrogens (tertiary/aromatic N) is 3. The van der Waals surface area contributed by atoms with Crippen molar-refractivity contribution in [2.45, 2.75) is 0 Å². The number of rotatable bonds is 5. The maximum atomic E-state index is 5.12. The molecule has 3 heterocycles. The molecule has 3 aromatic heterocycles. The molecule has 0 spiro atoms. The Morgan fingerprint density at radius 3 is 1.81 bits per heavy atom. The molecule has 0 aliphatic rings. The van der Waals surface area contributed by atoms with E-state index in [1.165, 1.54) is 64.2 Å². The predicted octanol–water partition coefficient (Wildman–Crippen LogP) is 13.5. The first kappa shape index (κ1) is 29.9. The van der Waals surface area contributed by atoms with E-state index in [-0.39, 0.29) is 0 Å². The maximum absolute atomic E-state index is 5.12. The highest BCUT2D eigenvalue weighted by Crippen LogP contribution is 2.42. The highest BCUT2D eigenvalue weighted by molar-refractivity contribution is 7.26. The van der Waals surface area contributed by atoms with Gasteiger partial charge in [0.2, 0.25) is 0 Å². The molecular formula is C49H31N3S. The first-order valence-electron chi connectivity index (χ1n) is 18.0. The van der Waals surface area contributed by atoms with Gasteiger partial charge in [0.05, 0.1) is 22.1 Å². The van der Waals surface area contributed by atoms with Crippen molar-refractivity contribution in [1.29, 1.82) is 0 Å². The number of imidazole rings is 1. The van der Waals surface area contributed by atoms with Gasteiger partial charge in [0, 0.05) is 47.9 Å². The van der Waals surface area contributed by atoms with Crippen molar-refractivity contribution in [2.24, 2.45) is 0 Å². The predicted molar refractivity (Wildman–Crippen MR) is 225 cm³/mol. The Bertz CT molecular complexity index is 3150. The third kappa shape index (κ3) is 4.77. The molecule has 0 amide bonds. The van der Waals surface area contributed by atoms with Gasteiger partial charge >= 0.3 is 0 Å². The van der Waals surface area contributed by atoms with Crippen molar-refractivity contribution in [1.82, 2.24) is 14.1 Å². The Morgan fingerprint density at radius 2 is 1.00 bits per heavy atom. The van der Waals surface area contributed by atoms with Crippen molar-refractivity contribution in [3.63, 3.8) is 0 Å². The van der Waals surface area contributed by atoms with Gasteiger partial charge in [-0.25, -0.2) is 4.98 Å². The van der Waals surface area contributed by atoms with Crippen LogP contribution in [0.5, 0.6) is 0 Å². The fraction of sp³-hybridized carbons (Fsp3) is 0. The SMILES string of the molecule is c1ccc(-c2ccc3c(c2)c2cc(-c4cccc5c4sc4ccccc45)ccc2n3-c2ccc(-c3nc4ccccc4n3-c3ccccc3)cc2)cc1. The Kier molecular flexibility index (Phi) is 6.73. The number of benzene rings is 8. The Labute approximate surface area is 310 Å². The van der Waals surface area contributed by atoms with E-state index < -0.39 is 0 Å². The number of hydrogen-bond acceptors (Lipinski definition) is 2. The molecule has 0 atom stereocenters. The summed E-state index contributed by atoms with van der Waals surface area (Å²) < 4.78 is 7.32. The fourth-order valence-corrected chi connectivity index (χ4v) is 9.31. The van der Waals surface area contributed by atoms with Crippen LogP contribution in [0.1, 0.15) is 0 Å². The van der Waals surface area contributed by atoms with Crippen LogP contribution in [-0.4, -0.2) is 14.1 Å². The summed E-state index contributed by atoms with van der Waals surface area (Å²) in [5.41, 5.74) is 12.7. The highest BCUT2D eigenvalue weighted by Gasteiger charge is 2.18. The average Bonchev–Trinajstić information content (AvgIpc) is 3.91. The van der Waals surface area contributed by atoms with Crippen LogP contribution in [0.2, 0.25) is 0 Å². The second-order valence-electron chi connectivity index (χ2n) is 13.6. The number of thiophene rings is 1. The van der Waals surface area contributed by atoms with Gasteiger partial charge < -0.3 is 4.57 Å². The van der Waals surface area contributed by atoms with E-state index in [9.17, 15) is 0 Å². The van der Waals surface area contributed by atoms with Crippen LogP contribution < -0.4 is 0 Å². The quantitative estimate of drug-likeness (QED) is 0.176. The summed E-state index contributed by atoms with van der Waals surface area (Å²) in [6.45, 7) is 0. The van der Waals surface area contributed by atoms with Crippen LogP contribution in [0.25, 0.3) is 98.0 Å². The summed E-state index contributed by atoms with van der Waals surface area (Å²) in [4.78, 5) is 5.12. The lowest BCUT2D eigenvalue weighted by atomic mass is 9.99. The molecule has 53 heavy (non-hydrogen) atoms. The van der Waals surface area contributed by atoms with Gasteiger partial charge in [-0.2, -0.15) is 0 Å². The Morgan fingerprint density at radius 1 is 0.377 bits per heavy atom. The lowest BCUT2D eigenvalue weighted by molar-refractivity contribution is 1.10. The lowest BCUT2D eigenvalue weighted by Crippen LogP contribution is -1.98. The van der Waals surface area contributed by atoms with Crippen LogP contribution in [0.15, 0.2) is 188 Å². The fourth-order valence-electron chi connectivity index (χ4n) is 8.07. The van der Waals surface area contributed by atoms with Gasteiger partial charge in [-0.1, -0.05) is 109 Å². The van der Waals surface area contributed by atoms with Gasteiger partial charge in [-0.3, -0.25) is 4.57 Å². The van der Waals surface area contributed by atoms with Crippen molar-refractivity contribution >= 4 is 64.3 Å². The summed E-state index contributed by atoms with van der Waals surface area (Å²) >= 11 is 1.88. The van der Waals surface area contributed by atoms with E-state index in [1.807, 2.05) is 11.3 Å². The van der Waals surface area contributed by atoms with E-state index >= 15 is 0 Å². The van der Waals surface area contributed by atoms with Crippen molar-refractivity contribution in [2.75, 3.05) is 0 Å². The number of fused-ring (bicyclic) bond motifs is 7. The smallest absolute Gasteiger partial charge is 0.145 e. The molecular weight excluding hydrogens is 663 g/mol. The molecule has 4 heteroatoms. The molecule has 3 nitrogen and oxygen atoms in total. The van der Waals surface area contributed by atoms with Crippen molar-refractivity contribution in [3.8, 4) is 45.0 Å². The average molecular weight is 694 g/mol. The Balaban J connectivity index is 1.10. The number of hydrogen-bond donors (Lipinski definition) is 0. The zero-order valence-corrected chi connectivity index (χ0v) is 29.5. The molecule has 0 aliphatic heterocycles. The molecule has 0 unspecified atom stereocenters. The van der Waals surface area contributed by atoms with Gasteiger partial charge in [-0.15, -0.1) is 11.3 Å². The molecule has 248 valence electrons. The third-order valence-corrected chi connectivity index (χ3v) is 11.8. The largest absolute Gasteiger partial charge is 0.309 e. The van der Waals surface area contributed by atoms with E-state index in [4.69, 9.17) is 4.98 Å². The van der Waals surface area contributed by atoms with E-state index in [0.29, 0.717) is 0 Å².